The van der Waals surface area contributed by atoms with Crippen molar-refractivity contribution in [2.75, 3.05) is 13.2 Å². The summed E-state index contributed by atoms with van der Waals surface area (Å²) >= 11 is 0. The van der Waals surface area contributed by atoms with Crippen LogP contribution in [-0.2, 0) is 28.6 Å². The fraction of sp³-hybridized carbons (Fsp3) is 0.776. The molecular weight excluding hydrogens is 901 g/mol. The van der Waals surface area contributed by atoms with Crippen molar-refractivity contribution >= 4 is 17.9 Å². The Morgan fingerprint density at radius 2 is 0.493 bits per heavy atom. The molecule has 0 aromatic carbocycles. The van der Waals surface area contributed by atoms with Crippen molar-refractivity contribution in [2.45, 2.75) is 322 Å². The molecule has 73 heavy (non-hydrogen) atoms. The van der Waals surface area contributed by atoms with Gasteiger partial charge in [-0.1, -0.05) is 254 Å². The van der Waals surface area contributed by atoms with Gasteiger partial charge in [-0.3, -0.25) is 14.4 Å². The van der Waals surface area contributed by atoms with Crippen LogP contribution in [0.1, 0.15) is 316 Å². The van der Waals surface area contributed by atoms with E-state index in [-0.39, 0.29) is 31.1 Å². The van der Waals surface area contributed by atoms with Gasteiger partial charge in [-0.05, 0) is 116 Å². The third kappa shape index (κ3) is 59.6. The molecule has 0 amide bonds. The second-order valence-corrected chi connectivity index (χ2v) is 21.0. The van der Waals surface area contributed by atoms with Gasteiger partial charge in [-0.15, -0.1) is 0 Å². The minimum absolute atomic E-state index is 0.0875. The molecule has 0 spiro atoms. The highest BCUT2D eigenvalue weighted by atomic mass is 16.6. The maximum Gasteiger partial charge on any atom is 0.306 e. The van der Waals surface area contributed by atoms with Gasteiger partial charge in [-0.2, -0.15) is 0 Å². The lowest BCUT2D eigenvalue weighted by Gasteiger charge is -2.18. The zero-order valence-corrected chi connectivity index (χ0v) is 48.4. The molecule has 0 aliphatic rings. The number of allylic oxidation sites excluding steroid dienone is 12. The number of hydrogen-bond acceptors (Lipinski definition) is 6. The molecule has 0 saturated heterocycles. The molecule has 1 atom stereocenters. The third-order valence-electron chi connectivity index (χ3n) is 13.7. The fourth-order valence-electron chi connectivity index (χ4n) is 8.89. The van der Waals surface area contributed by atoms with E-state index in [1.807, 2.05) is 0 Å². The summed E-state index contributed by atoms with van der Waals surface area (Å²) in [5.74, 6) is -0.912. The van der Waals surface area contributed by atoms with Crippen LogP contribution >= 0.6 is 0 Å². The van der Waals surface area contributed by atoms with Crippen LogP contribution in [-0.4, -0.2) is 37.2 Å². The van der Waals surface area contributed by atoms with E-state index in [0.717, 1.165) is 83.5 Å². The van der Waals surface area contributed by atoms with Crippen molar-refractivity contribution < 1.29 is 28.6 Å². The maximum atomic E-state index is 12.9. The first-order chi connectivity index (χ1) is 36.0. The number of carbonyl (C=O) groups excluding carboxylic acids is 3. The van der Waals surface area contributed by atoms with Crippen LogP contribution in [0.2, 0.25) is 0 Å². The monoisotopic (exact) mass is 1020 g/mol. The van der Waals surface area contributed by atoms with E-state index in [0.29, 0.717) is 19.3 Å². The molecule has 0 aliphatic heterocycles. The fourth-order valence-corrected chi connectivity index (χ4v) is 8.89. The van der Waals surface area contributed by atoms with Gasteiger partial charge in [0.2, 0.25) is 0 Å². The highest BCUT2D eigenvalue weighted by Crippen LogP contribution is 2.16. The van der Waals surface area contributed by atoms with E-state index >= 15 is 0 Å². The van der Waals surface area contributed by atoms with Gasteiger partial charge in [0.1, 0.15) is 13.2 Å². The Morgan fingerprint density at radius 1 is 0.274 bits per heavy atom. The molecule has 0 heterocycles. The quantitative estimate of drug-likeness (QED) is 0.0261. The average Bonchev–Trinajstić information content (AvgIpc) is 3.39. The molecule has 6 heteroatoms. The number of rotatable bonds is 57. The van der Waals surface area contributed by atoms with E-state index in [2.05, 4.69) is 93.7 Å². The van der Waals surface area contributed by atoms with Gasteiger partial charge < -0.3 is 14.2 Å². The van der Waals surface area contributed by atoms with E-state index in [1.165, 1.54) is 193 Å². The van der Waals surface area contributed by atoms with Crippen LogP contribution < -0.4 is 0 Å². The Hall–Kier alpha value is -3.15. The molecule has 0 fully saturated rings. The van der Waals surface area contributed by atoms with Gasteiger partial charge in [0.25, 0.3) is 0 Å². The van der Waals surface area contributed by atoms with Gasteiger partial charge in [-0.25, -0.2) is 0 Å². The van der Waals surface area contributed by atoms with Crippen molar-refractivity contribution in [3.8, 4) is 0 Å². The summed E-state index contributed by atoms with van der Waals surface area (Å²) in [6.45, 7) is 6.61. The summed E-state index contributed by atoms with van der Waals surface area (Å²) in [6.07, 6.45) is 78.9. The molecule has 0 aromatic rings. The Balaban J connectivity index is 4.43. The Kier molecular flexibility index (Phi) is 58.7. The van der Waals surface area contributed by atoms with Crippen molar-refractivity contribution in [1.29, 1.82) is 0 Å². The first-order valence-electron chi connectivity index (χ1n) is 31.4. The van der Waals surface area contributed by atoms with Crippen molar-refractivity contribution in [2.24, 2.45) is 0 Å². The van der Waals surface area contributed by atoms with Crippen LogP contribution in [0.25, 0.3) is 0 Å². The molecule has 6 nitrogen and oxygen atoms in total. The molecule has 0 bridgehead atoms. The summed E-state index contributed by atoms with van der Waals surface area (Å²) in [5, 5.41) is 0. The maximum absolute atomic E-state index is 12.9. The molecule has 0 radical (unpaired) electrons. The molecule has 0 saturated carbocycles. The summed E-state index contributed by atoms with van der Waals surface area (Å²) in [4.78, 5) is 38.3. The number of ether oxygens (including phenoxy) is 3. The third-order valence-corrected chi connectivity index (χ3v) is 13.7. The molecule has 422 valence electrons. The van der Waals surface area contributed by atoms with Crippen LogP contribution in [0.15, 0.2) is 72.9 Å². The van der Waals surface area contributed by atoms with Crippen LogP contribution in [0.5, 0.6) is 0 Å². The second-order valence-electron chi connectivity index (χ2n) is 21.0. The first-order valence-corrected chi connectivity index (χ1v) is 31.4. The Morgan fingerprint density at radius 3 is 0.822 bits per heavy atom. The number of esters is 3. The van der Waals surface area contributed by atoms with Gasteiger partial charge in [0.05, 0.1) is 0 Å². The van der Waals surface area contributed by atoms with Gasteiger partial charge >= 0.3 is 17.9 Å². The van der Waals surface area contributed by atoms with Crippen molar-refractivity contribution in [3.05, 3.63) is 72.9 Å². The van der Waals surface area contributed by atoms with Crippen molar-refractivity contribution in [3.63, 3.8) is 0 Å². The first kappa shape index (κ1) is 69.8. The molecule has 0 aromatic heterocycles. The molecule has 0 unspecified atom stereocenters. The van der Waals surface area contributed by atoms with Crippen LogP contribution in [0.4, 0.5) is 0 Å². The normalized spacial score (nSPS) is 12.5. The van der Waals surface area contributed by atoms with Crippen LogP contribution in [0, 0.1) is 0 Å². The zero-order chi connectivity index (χ0) is 52.9. The lowest BCUT2D eigenvalue weighted by Crippen LogP contribution is -2.30. The standard InChI is InChI=1S/C67H118O6/c1-4-7-10-13-16-19-22-25-28-31-33-36-39-42-45-48-51-54-57-60-66(69)72-63-64(62-71-65(68)59-56-53-50-47-44-41-38-35-30-27-24-21-18-15-12-9-6-3)73-67(70)61-58-55-52-49-46-43-40-37-34-32-29-26-23-20-17-14-11-8-5-2/h16,19,25-30,33,36,42,45,64H,4-15,17-18,20-24,31-32,34-35,37-41,43-44,46-63H2,1-3H3/b19-16-,28-25-,29-26-,30-27-,36-33-,45-42-/t64-/m0/s1. The number of hydrogen-bond donors (Lipinski definition) is 0. The highest BCUT2D eigenvalue weighted by Gasteiger charge is 2.19. The Bertz CT molecular complexity index is 1360. The average molecular weight is 1020 g/mol. The predicted octanol–water partition coefficient (Wildman–Crippen LogP) is 21.3. The summed E-state index contributed by atoms with van der Waals surface area (Å²) < 4.78 is 16.9. The Labute approximate surface area is 453 Å². The van der Waals surface area contributed by atoms with Gasteiger partial charge in [0.15, 0.2) is 6.10 Å². The SMILES string of the molecule is CCCCC/C=C\C/C=C\C/C=C\C/C=C\CCCCCC(=O)OC[C@H](COC(=O)CCCCCCCCC/C=C\CCCCCCCC)OC(=O)CCCCCCCCCCC/C=C\CCCCCCCC. The second kappa shape index (κ2) is 61.4. The number of carbonyl (C=O) groups is 3. The largest absolute Gasteiger partial charge is 0.462 e. The summed E-state index contributed by atoms with van der Waals surface area (Å²) in [7, 11) is 0. The molecule has 0 rings (SSSR count). The lowest BCUT2D eigenvalue weighted by atomic mass is 10.1. The van der Waals surface area contributed by atoms with Crippen LogP contribution in [0.3, 0.4) is 0 Å². The summed E-state index contributed by atoms with van der Waals surface area (Å²) in [6, 6.07) is 0. The molecular formula is C67H118O6. The van der Waals surface area contributed by atoms with E-state index in [9.17, 15) is 14.4 Å². The van der Waals surface area contributed by atoms with Gasteiger partial charge in [0, 0.05) is 19.3 Å². The minimum Gasteiger partial charge on any atom is -0.462 e. The van der Waals surface area contributed by atoms with E-state index in [1.54, 1.807) is 0 Å². The minimum atomic E-state index is -0.793. The highest BCUT2D eigenvalue weighted by molar-refractivity contribution is 5.71. The zero-order valence-electron chi connectivity index (χ0n) is 48.4. The molecule has 0 aliphatic carbocycles. The summed E-state index contributed by atoms with van der Waals surface area (Å²) in [5.41, 5.74) is 0. The lowest BCUT2D eigenvalue weighted by molar-refractivity contribution is -0.167. The van der Waals surface area contributed by atoms with E-state index < -0.39 is 6.10 Å². The van der Waals surface area contributed by atoms with Crippen molar-refractivity contribution in [1.82, 2.24) is 0 Å². The number of unbranched alkanes of at least 4 members (excludes halogenated alkanes) is 34. The smallest absolute Gasteiger partial charge is 0.306 e. The molecule has 0 N–H and O–H groups in total. The topological polar surface area (TPSA) is 78.9 Å². The van der Waals surface area contributed by atoms with E-state index in [4.69, 9.17) is 14.2 Å². The predicted molar refractivity (Wildman–Crippen MR) is 316 cm³/mol.